The van der Waals surface area contributed by atoms with Gasteiger partial charge in [-0.2, -0.15) is 0 Å². The summed E-state index contributed by atoms with van der Waals surface area (Å²) >= 11 is 0. The summed E-state index contributed by atoms with van der Waals surface area (Å²) in [5.74, 6) is 0.866. The maximum absolute atomic E-state index is 13.4. The normalized spacial score (nSPS) is 10.7. The average Bonchev–Trinajstić information content (AvgIpc) is 2.82. The Morgan fingerprint density at radius 1 is 1.12 bits per heavy atom. The monoisotopic (exact) mass is 440 g/mol. The van der Waals surface area contributed by atoms with E-state index in [1.165, 1.54) is 4.57 Å². The molecular weight excluding hydrogens is 416 g/mol. The summed E-state index contributed by atoms with van der Waals surface area (Å²) in [4.78, 5) is 34.6. The molecule has 0 unspecified atom stereocenters. The summed E-state index contributed by atoms with van der Waals surface area (Å²) in [6.45, 7) is 8.22. The number of ether oxygens (including phenoxy) is 1. The maximum atomic E-state index is 13.4. The second-order valence-electron chi connectivity index (χ2n) is 7.81. The zero-order valence-corrected chi connectivity index (χ0v) is 18.5. The number of pyridine rings is 1. The van der Waals surface area contributed by atoms with Gasteiger partial charge < -0.3 is 10.1 Å². The molecular formula is C26H24N4O3. The molecule has 0 bridgehead atoms. The van der Waals surface area contributed by atoms with Crippen LogP contribution in [0.2, 0.25) is 0 Å². The molecule has 0 saturated heterocycles. The first-order valence-electron chi connectivity index (χ1n) is 10.5. The van der Waals surface area contributed by atoms with Gasteiger partial charge >= 0.3 is 0 Å². The Labute approximate surface area is 191 Å². The third kappa shape index (κ3) is 4.98. The van der Waals surface area contributed by atoms with E-state index in [-0.39, 0.29) is 11.5 Å². The molecule has 33 heavy (non-hydrogen) atoms. The fourth-order valence-corrected chi connectivity index (χ4v) is 3.45. The van der Waals surface area contributed by atoms with Crippen LogP contribution in [0.15, 0.2) is 83.9 Å². The van der Waals surface area contributed by atoms with Gasteiger partial charge in [-0.1, -0.05) is 12.6 Å². The molecule has 0 aliphatic heterocycles. The van der Waals surface area contributed by atoms with Gasteiger partial charge in [0.25, 0.3) is 11.5 Å². The fraction of sp³-hybridized carbons (Fsp3) is 0.154. The molecule has 0 fully saturated rings. The Hall–Kier alpha value is -4.26. The van der Waals surface area contributed by atoms with Crippen molar-refractivity contribution in [2.24, 2.45) is 0 Å². The zero-order chi connectivity index (χ0) is 23.4. The molecule has 0 aliphatic rings. The van der Waals surface area contributed by atoms with Crippen molar-refractivity contribution in [2.45, 2.75) is 20.4 Å². The SMILES string of the molecule is C=C(C)COc1ccc2nc(C)n(-c3cccc(C(=O)NCc4ccncc4)c3)c(=O)c2c1. The second-order valence-corrected chi connectivity index (χ2v) is 7.81. The molecule has 0 spiro atoms. The molecule has 4 aromatic rings. The summed E-state index contributed by atoms with van der Waals surface area (Å²) in [7, 11) is 0. The van der Waals surface area contributed by atoms with E-state index in [1.807, 2.05) is 19.1 Å². The summed E-state index contributed by atoms with van der Waals surface area (Å²) in [6.07, 6.45) is 3.36. The Morgan fingerprint density at radius 2 is 1.91 bits per heavy atom. The highest BCUT2D eigenvalue weighted by molar-refractivity contribution is 5.94. The lowest BCUT2D eigenvalue weighted by atomic mass is 10.1. The van der Waals surface area contributed by atoms with Gasteiger partial charge in [-0.05, 0) is 73.5 Å². The van der Waals surface area contributed by atoms with Crippen LogP contribution in [-0.4, -0.2) is 27.0 Å². The Balaban J connectivity index is 1.66. The molecule has 1 N–H and O–H groups in total. The van der Waals surface area contributed by atoms with Crippen molar-refractivity contribution in [1.29, 1.82) is 0 Å². The second kappa shape index (κ2) is 9.48. The predicted octanol–water partition coefficient (Wildman–Crippen LogP) is 3.97. The number of fused-ring (bicyclic) bond motifs is 1. The summed E-state index contributed by atoms with van der Waals surface area (Å²) in [5.41, 5.74) is 3.21. The molecule has 0 saturated carbocycles. The van der Waals surface area contributed by atoms with Crippen molar-refractivity contribution in [2.75, 3.05) is 6.61 Å². The Morgan fingerprint density at radius 3 is 2.67 bits per heavy atom. The average molecular weight is 441 g/mol. The molecule has 2 aromatic heterocycles. The molecule has 0 atom stereocenters. The quantitative estimate of drug-likeness (QED) is 0.440. The largest absolute Gasteiger partial charge is 0.489 e. The fourth-order valence-electron chi connectivity index (χ4n) is 3.45. The highest BCUT2D eigenvalue weighted by Crippen LogP contribution is 2.20. The minimum Gasteiger partial charge on any atom is -0.489 e. The van der Waals surface area contributed by atoms with Crippen LogP contribution in [0.1, 0.15) is 28.7 Å². The Bertz CT molecular complexity index is 1390. The first-order chi connectivity index (χ1) is 15.9. The van der Waals surface area contributed by atoms with Crippen molar-refractivity contribution in [1.82, 2.24) is 19.9 Å². The molecule has 2 heterocycles. The molecule has 7 heteroatoms. The third-order valence-electron chi connectivity index (χ3n) is 5.06. The highest BCUT2D eigenvalue weighted by Gasteiger charge is 2.13. The van der Waals surface area contributed by atoms with Crippen LogP contribution >= 0.6 is 0 Å². The minimum atomic E-state index is -0.233. The van der Waals surface area contributed by atoms with Gasteiger partial charge in [-0.25, -0.2) is 4.98 Å². The zero-order valence-electron chi connectivity index (χ0n) is 18.5. The van der Waals surface area contributed by atoms with Crippen molar-refractivity contribution in [3.05, 3.63) is 106 Å². The highest BCUT2D eigenvalue weighted by atomic mass is 16.5. The smallest absolute Gasteiger partial charge is 0.266 e. The lowest BCUT2D eigenvalue weighted by Crippen LogP contribution is -2.25. The summed E-state index contributed by atoms with van der Waals surface area (Å²) in [6, 6.07) is 15.9. The number of benzene rings is 2. The summed E-state index contributed by atoms with van der Waals surface area (Å²) in [5, 5.41) is 3.33. The molecule has 1 amide bonds. The van der Waals surface area contributed by atoms with Crippen LogP contribution in [0.25, 0.3) is 16.6 Å². The van der Waals surface area contributed by atoms with E-state index in [9.17, 15) is 9.59 Å². The van der Waals surface area contributed by atoms with Gasteiger partial charge in [-0.15, -0.1) is 0 Å². The number of nitrogens with zero attached hydrogens (tertiary/aromatic N) is 3. The van der Waals surface area contributed by atoms with Crippen LogP contribution in [-0.2, 0) is 6.54 Å². The van der Waals surface area contributed by atoms with E-state index in [1.54, 1.807) is 61.8 Å². The van der Waals surface area contributed by atoms with Gasteiger partial charge in [0, 0.05) is 24.5 Å². The summed E-state index contributed by atoms with van der Waals surface area (Å²) < 4.78 is 7.19. The lowest BCUT2D eigenvalue weighted by molar-refractivity contribution is 0.0951. The molecule has 0 aliphatic carbocycles. The van der Waals surface area contributed by atoms with Crippen molar-refractivity contribution in [3.8, 4) is 11.4 Å². The van der Waals surface area contributed by atoms with Crippen molar-refractivity contribution in [3.63, 3.8) is 0 Å². The van der Waals surface area contributed by atoms with Gasteiger partial charge in [0.05, 0.1) is 16.6 Å². The van der Waals surface area contributed by atoms with Crippen molar-refractivity contribution < 1.29 is 9.53 Å². The number of carbonyl (C=O) groups is 1. The number of aryl methyl sites for hydroxylation is 1. The minimum absolute atomic E-state index is 0.229. The van der Waals surface area contributed by atoms with Crippen molar-refractivity contribution >= 4 is 16.8 Å². The Kier molecular flexibility index (Phi) is 6.31. The maximum Gasteiger partial charge on any atom is 0.266 e. The van der Waals surface area contributed by atoms with Gasteiger partial charge in [0.2, 0.25) is 0 Å². The van der Waals surface area contributed by atoms with Crippen LogP contribution < -0.4 is 15.6 Å². The van der Waals surface area contributed by atoms with Crippen LogP contribution in [0.3, 0.4) is 0 Å². The molecule has 0 radical (unpaired) electrons. The van der Waals surface area contributed by atoms with Crippen LogP contribution in [0.4, 0.5) is 0 Å². The van der Waals surface area contributed by atoms with E-state index in [2.05, 4.69) is 21.9 Å². The standard InChI is InChI=1S/C26H24N4O3/c1-17(2)16-33-22-7-8-24-23(14-22)26(32)30(18(3)29-24)21-6-4-5-20(13-21)25(31)28-15-19-9-11-27-12-10-19/h4-14H,1,15-16H2,2-3H3,(H,28,31). The number of carbonyl (C=O) groups excluding carboxylic acids is 1. The number of amides is 1. The van der Waals surface area contributed by atoms with E-state index >= 15 is 0 Å². The predicted molar refractivity (Wildman–Crippen MR) is 128 cm³/mol. The number of aromatic nitrogens is 3. The number of hydrogen-bond donors (Lipinski definition) is 1. The molecule has 4 rings (SSSR count). The lowest BCUT2D eigenvalue weighted by Gasteiger charge is -2.13. The molecule has 7 nitrogen and oxygen atoms in total. The van der Waals surface area contributed by atoms with E-state index < -0.39 is 0 Å². The number of rotatable bonds is 7. The first-order valence-corrected chi connectivity index (χ1v) is 10.5. The van der Waals surface area contributed by atoms with E-state index in [4.69, 9.17) is 4.74 Å². The first kappa shape index (κ1) is 22.0. The van der Waals surface area contributed by atoms with Gasteiger partial charge in [0.1, 0.15) is 18.2 Å². The van der Waals surface area contributed by atoms with Gasteiger partial charge in [-0.3, -0.25) is 19.1 Å². The van der Waals surface area contributed by atoms with Crippen LogP contribution in [0.5, 0.6) is 5.75 Å². The third-order valence-corrected chi connectivity index (χ3v) is 5.06. The van der Waals surface area contributed by atoms with Crippen LogP contribution in [0, 0.1) is 6.92 Å². The molecule has 166 valence electrons. The number of hydrogen-bond acceptors (Lipinski definition) is 5. The molecule has 2 aromatic carbocycles. The topological polar surface area (TPSA) is 86.1 Å². The van der Waals surface area contributed by atoms with E-state index in [0.29, 0.717) is 46.9 Å². The van der Waals surface area contributed by atoms with E-state index in [0.717, 1.165) is 11.1 Å². The van der Waals surface area contributed by atoms with Gasteiger partial charge in [0.15, 0.2) is 0 Å². The number of nitrogens with one attached hydrogen (secondary N) is 1.